The number of amides is 1. The maximum atomic E-state index is 11.6. The highest BCUT2D eigenvalue weighted by molar-refractivity contribution is 5.81. The van der Waals surface area contributed by atoms with Crippen molar-refractivity contribution < 1.29 is 19.1 Å². The fourth-order valence-electron chi connectivity index (χ4n) is 1.49. The van der Waals surface area contributed by atoms with E-state index in [1.807, 2.05) is 0 Å². The van der Waals surface area contributed by atoms with Crippen LogP contribution >= 0.6 is 0 Å². The van der Waals surface area contributed by atoms with Crippen LogP contribution in [0.5, 0.6) is 0 Å². The zero-order valence-electron chi connectivity index (χ0n) is 10.9. The Hall–Kier alpha value is -1.26. The molecule has 1 aliphatic rings. The number of ether oxygens (including phenoxy) is 2. The van der Waals surface area contributed by atoms with Gasteiger partial charge >= 0.3 is 12.1 Å². The van der Waals surface area contributed by atoms with Crippen molar-refractivity contribution in [2.45, 2.75) is 51.7 Å². The minimum absolute atomic E-state index is 0.414. The molecule has 1 atom stereocenters. The molecule has 1 N–H and O–H groups in total. The van der Waals surface area contributed by atoms with E-state index >= 15 is 0 Å². The van der Waals surface area contributed by atoms with Gasteiger partial charge in [0.25, 0.3) is 0 Å². The van der Waals surface area contributed by atoms with Gasteiger partial charge in [-0.25, -0.2) is 9.59 Å². The van der Waals surface area contributed by atoms with E-state index in [1.165, 1.54) is 7.11 Å². The van der Waals surface area contributed by atoms with Crippen LogP contribution in [0.3, 0.4) is 0 Å². The first-order valence-electron chi connectivity index (χ1n) is 5.89. The molecule has 98 valence electrons. The number of carbonyl (C=O) groups is 2. The van der Waals surface area contributed by atoms with E-state index < -0.39 is 23.7 Å². The number of hydrogen-bond donors (Lipinski definition) is 1. The second-order valence-electron chi connectivity index (χ2n) is 5.40. The lowest BCUT2D eigenvalue weighted by atomic mass is 10.1. The molecule has 0 aromatic rings. The average Bonchev–Trinajstić information content (AvgIpc) is 2.96. The van der Waals surface area contributed by atoms with Gasteiger partial charge in [0.15, 0.2) is 0 Å². The molecule has 1 rings (SSSR count). The molecule has 1 fully saturated rings. The zero-order chi connectivity index (χ0) is 13.1. The third kappa shape index (κ3) is 5.56. The van der Waals surface area contributed by atoms with Crippen LogP contribution in [0.15, 0.2) is 0 Å². The predicted molar refractivity (Wildman–Crippen MR) is 62.5 cm³/mol. The fourth-order valence-corrected chi connectivity index (χ4v) is 1.49. The summed E-state index contributed by atoms with van der Waals surface area (Å²) in [5.74, 6) is 0.108. The Labute approximate surface area is 102 Å². The summed E-state index contributed by atoms with van der Waals surface area (Å²) < 4.78 is 9.77. The fraction of sp³-hybridized carbons (Fsp3) is 0.833. The van der Waals surface area contributed by atoms with Crippen molar-refractivity contribution in [2.75, 3.05) is 7.11 Å². The highest BCUT2D eigenvalue weighted by atomic mass is 16.6. The lowest BCUT2D eigenvalue weighted by molar-refractivity contribution is -0.143. The maximum absolute atomic E-state index is 11.6. The van der Waals surface area contributed by atoms with Gasteiger partial charge in [0.1, 0.15) is 11.6 Å². The highest BCUT2D eigenvalue weighted by Gasteiger charge is 2.32. The first-order chi connectivity index (χ1) is 7.81. The van der Waals surface area contributed by atoms with E-state index in [1.54, 1.807) is 20.8 Å². The van der Waals surface area contributed by atoms with Crippen molar-refractivity contribution in [1.82, 2.24) is 5.32 Å². The van der Waals surface area contributed by atoms with Crippen molar-refractivity contribution in [3.63, 3.8) is 0 Å². The Kier molecular flexibility index (Phi) is 4.37. The van der Waals surface area contributed by atoms with Crippen molar-refractivity contribution in [3.05, 3.63) is 0 Å². The Morgan fingerprint density at radius 1 is 1.35 bits per heavy atom. The van der Waals surface area contributed by atoms with Crippen LogP contribution in [0.1, 0.15) is 40.0 Å². The van der Waals surface area contributed by atoms with Gasteiger partial charge < -0.3 is 14.8 Å². The van der Waals surface area contributed by atoms with E-state index in [4.69, 9.17) is 4.74 Å². The summed E-state index contributed by atoms with van der Waals surface area (Å²) in [7, 11) is 1.32. The summed E-state index contributed by atoms with van der Waals surface area (Å²) in [6.07, 6.45) is 2.28. The van der Waals surface area contributed by atoms with Crippen molar-refractivity contribution >= 4 is 12.1 Å². The van der Waals surface area contributed by atoms with Crippen molar-refractivity contribution in [1.29, 1.82) is 0 Å². The lowest BCUT2D eigenvalue weighted by Crippen LogP contribution is -2.44. The van der Waals surface area contributed by atoms with E-state index in [-0.39, 0.29) is 0 Å². The van der Waals surface area contributed by atoms with Crippen LogP contribution in [0.25, 0.3) is 0 Å². The maximum Gasteiger partial charge on any atom is 0.408 e. The molecule has 0 saturated heterocycles. The van der Waals surface area contributed by atoms with Crippen LogP contribution in [0.2, 0.25) is 0 Å². The Morgan fingerprint density at radius 2 is 1.94 bits per heavy atom. The van der Waals surface area contributed by atoms with Gasteiger partial charge in [-0.2, -0.15) is 0 Å². The molecular formula is C12H21NO4. The molecule has 5 heteroatoms. The number of carbonyl (C=O) groups excluding carboxylic acids is 2. The smallest absolute Gasteiger partial charge is 0.408 e. The normalized spacial score (nSPS) is 17.2. The molecule has 1 saturated carbocycles. The molecule has 0 spiro atoms. The molecule has 0 heterocycles. The monoisotopic (exact) mass is 243 g/mol. The molecule has 0 radical (unpaired) electrons. The van der Waals surface area contributed by atoms with Gasteiger partial charge in [0.05, 0.1) is 7.11 Å². The summed E-state index contributed by atoms with van der Waals surface area (Å²) >= 11 is 0. The minimum atomic E-state index is -0.595. The van der Waals surface area contributed by atoms with Crippen LogP contribution in [-0.4, -0.2) is 30.8 Å². The molecule has 0 unspecified atom stereocenters. The van der Waals surface area contributed by atoms with Gasteiger partial charge in [-0.3, -0.25) is 0 Å². The van der Waals surface area contributed by atoms with Gasteiger partial charge in [-0.05, 0) is 33.1 Å². The zero-order valence-corrected chi connectivity index (χ0v) is 10.9. The molecule has 1 amide bonds. The van der Waals surface area contributed by atoms with Gasteiger partial charge in [-0.15, -0.1) is 0 Å². The van der Waals surface area contributed by atoms with Crippen LogP contribution in [-0.2, 0) is 14.3 Å². The Balaban J connectivity index is 2.46. The number of rotatable bonds is 4. The van der Waals surface area contributed by atoms with Crippen molar-refractivity contribution in [2.24, 2.45) is 5.92 Å². The van der Waals surface area contributed by atoms with Crippen molar-refractivity contribution in [3.8, 4) is 0 Å². The molecule has 1 aliphatic carbocycles. The summed E-state index contributed by atoms with van der Waals surface area (Å²) in [4.78, 5) is 23.0. The number of hydrogen-bond acceptors (Lipinski definition) is 4. The number of methoxy groups -OCH3 is 1. The summed E-state index contributed by atoms with van der Waals surface area (Å²) in [6, 6.07) is -0.595. The second-order valence-corrected chi connectivity index (χ2v) is 5.40. The predicted octanol–water partition coefficient (Wildman–Crippen LogP) is 1.85. The molecule has 5 nitrogen and oxygen atoms in total. The topological polar surface area (TPSA) is 64.6 Å². The molecule has 0 aromatic carbocycles. The molecule has 0 aromatic heterocycles. The first kappa shape index (κ1) is 13.8. The standard InChI is InChI=1S/C12H21NO4/c1-12(2,3)17-11(15)13-9(10(14)16-4)7-8-5-6-8/h8-9H,5-7H2,1-4H3,(H,13,15)/t9-/m0/s1. The lowest BCUT2D eigenvalue weighted by Gasteiger charge is -2.22. The van der Waals surface area contributed by atoms with E-state index in [0.717, 1.165) is 12.8 Å². The highest BCUT2D eigenvalue weighted by Crippen LogP contribution is 2.33. The quantitative estimate of drug-likeness (QED) is 0.765. The Morgan fingerprint density at radius 3 is 2.35 bits per heavy atom. The molecule has 0 bridgehead atoms. The average molecular weight is 243 g/mol. The Bertz CT molecular complexity index is 291. The number of nitrogens with one attached hydrogen (secondary N) is 1. The minimum Gasteiger partial charge on any atom is -0.467 e. The van der Waals surface area contributed by atoms with Crippen LogP contribution in [0.4, 0.5) is 4.79 Å². The largest absolute Gasteiger partial charge is 0.467 e. The molecular weight excluding hydrogens is 222 g/mol. The molecule has 0 aliphatic heterocycles. The van der Waals surface area contributed by atoms with E-state index in [2.05, 4.69) is 10.1 Å². The van der Waals surface area contributed by atoms with Gasteiger partial charge in [0, 0.05) is 0 Å². The number of alkyl carbamates (subject to hydrolysis) is 1. The third-order valence-electron chi connectivity index (χ3n) is 2.44. The summed E-state index contributed by atoms with van der Waals surface area (Å²) in [5, 5.41) is 2.56. The SMILES string of the molecule is COC(=O)[C@H](CC1CC1)NC(=O)OC(C)(C)C. The van der Waals surface area contributed by atoms with E-state index in [0.29, 0.717) is 12.3 Å². The summed E-state index contributed by atoms with van der Waals surface area (Å²) in [5.41, 5.74) is -0.565. The first-order valence-corrected chi connectivity index (χ1v) is 5.89. The second kappa shape index (κ2) is 5.38. The molecule has 17 heavy (non-hydrogen) atoms. The van der Waals surface area contributed by atoms with Crippen LogP contribution in [0, 0.1) is 5.92 Å². The third-order valence-corrected chi connectivity index (χ3v) is 2.44. The van der Waals surface area contributed by atoms with E-state index in [9.17, 15) is 9.59 Å². The van der Waals surface area contributed by atoms with Gasteiger partial charge in [-0.1, -0.05) is 12.8 Å². The van der Waals surface area contributed by atoms with Crippen LogP contribution < -0.4 is 5.32 Å². The number of esters is 1. The van der Waals surface area contributed by atoms with Gasteiger partial charge in [0.2, 0.25) is 0 Å². The summed E-state index contributed by atoms with van der Waals surface area (Å²) in [6.45, 7) is 5.34.